The lowest BCUT2D eigenvalue weighted by atomic mass is 10.1. The first-order chi connectivity index (χ1) is 9.34. The number of hydrogen-bond donors (Lipinski definition) is 0. The van der Waals surface area contributed by atoms with E-state index in [0.717, 1.165) is 12.8 Å². The molecule has 2 amide bonds. The smallest absolute Gasteiger partial charge is 0.237 e. The molecule has 8 heteroatoms. The number of rotatable bonds is 4. The molecule has 2 atom stereocenters. The van der Waals surface area contributed by atoms with E-state index in [2.05, 4.69) is 0 Å². The second-order valence-corrected chi connectivity index (χ2v) is 8.86. The van der Waals surface area contributed by atoms with Crippen molar-refractivity contribution in [1.82, 2.24) is 9.80 Å². The van der Waals surface area contributed by atoms with Crippen molar-refractivity contribution in [1.29, 1.82) is 0 Å². The second-order valence-electron chi connectivity index (χ2n) is 5.95. The van der Waals surface area contributed by atoms with Crippen LogP contribution in [0.15, 0.2) is 0 Å². The van der Waals surface area contributed by atoms with Crippen LogP contribution in [0.4, 0.5) is 0 Å². The van der Waals surface area contributed by atoms with E-state index >= 15 is 0 Å². The van der Waals surface area contributed by atoms with E-state index < -0.39 is 14.3 Å². The second kappa shape index (κ2) is 4.87. The minimum absolute atomic E-state index is 0.0428. The van der Waals surface area contributed by atoms with Crippen LogP contribution in [0.5, 0.6) is 0 Å². The van der Waals surface area contributed by atoms with E-state index in [9.17, 15) is 18.0 Å². The summed E-state index contributed by atoms with van der Waals surface area (Å²) in [6, 6.07) is 0.401. The topological polar surface area (TPSA) is 74.8 Å². The highest BCUT2D eigenvalue weighted by Crippen LogP contribution is 2.33. The third kappa shape index (κ3) is 2.79. The minimum Gasteiger partial charge on any atom is -0.341 e. The van der Waals surface area contributed by atoms with Crippen molar-refractivity contribution in [3.8, 4) is 0 Å². The van der Waals surface area contributed by atoms with E-state index in [1.54, 1.807) is 4.90 Å². The molecule has 2 saturated heterocycles. The predicted molar refractivity (Wildman–Crippen MR) is 72.6 cm³/mol. The Morgan fingerprint density at radius 3 is 2.35 bits per heavy atom. The van der Waals surface area contributed by atoms with Crippen LogP contribution in [0.25, 0.3) is 0 Å². The van der Waals surface area contributed by atoms with Crippen molar-refractivity contribution in [2.75, 3.05) is 19.6 Å². The van der Waals surface area contributed by atoms with Gasteiger partial charge in [-0.3, -0.25) is 9.59 Å². The molecular weight excluding hydrogens is 304 g/mol. The van der Waals surface area contributed by atoms with E-state index in [1.165, 1.54) is 0 Å². The lowest BCUT2D eigenvalue weighted by molar-refractivity contribution is -0.129. The van der Waals surface area contributed by atoms with Crippen LogP contribution in [-0.4, -0.2) is 61.0 Å². The molecule has 3 rings (SSSR count). The average Bonchev–Trinajstić information content (AvgIpc) is 3.02. The first-order valence-corrected chi connectivity index (χ1v) is 9.22. The summed E-state index contributed by atoms with van der Waals surface area (Å²) in [5.41, 5.74) is 0. The Kier molecular flexibility index (Phi) is 3.44. The molecule has 0 spiro atoms. The van der Waals surface area contributed by atoms with Crippen LogP contribution >= 0.6 is 10.7 Å². The lowest BCUT2D eigenvalue weighted by Gasteiger charge is -2.21. The molecule has 0 aromatic rings. The van der Waals surface area contributed by atoms with Gasteiger partial charge in [0.05, 0.1) is 0 Å². The third-order valence-corrected chi connectivity index (χ3v) is 6.15. The maximum absolute atomic E-state index is 11.9. The highest BCUT2D eigenvalue weighted by Gasteiger charge is 2.42. The van der Waals surface area contributed by atoms with Gasteiger partial charge in [-0.2, -0.15) is 0 Å². The standard InChI is InChI=1S/C12H17ClN2O4S/c13-20(18,19)10-4-11(16)14(7-10)5-8-3-12(17)15(6-8)9-1-2-9/h8-10H,1-7H2. The summed E-state index contributed by atoms with van der Waals surface area (Å²) in [5, 5.41) is -0.812. The first kappa shape index (κ1) is 14.1. The molecule has 0 bridgehead atoms. The summed E-state index contributed by atoms with van der Waals surface area (Å²) in [4.78, 5) is 27.1. The Bertz CT molecular complexity index is 546. The molecule has 2 aliphatic heterocycles. The maximum atomic E-state index is 11.9. The van der Waals surface area contributed by atoms with Crippen LogP contribution < -0.4 is 0 Å². The van der Waals surface area contributed by atoms with Crippen molar-refractivity contribution in [3.63, 3.8) is 0 Å². The van der Waals surface area contributed by atoms with Gasteiger partial charge < -0.3 is 9.80 Å². The van der Waals surface area contributed by atoms with Gasteiger partial charge in [0, 0.05) is 55.1 Å². The Balaban J connectivity index is 1.59. The third-order valence-electron chi connectivity index (χ3n) is 4.28. The lowest BCUT2D eigenvalue weighted by Crippen LogP contribution is -2.34. The van der Waals surface area contributed by atoms with Crippen molar-refractivity contribution in [2.24, 2.45) is 5.92 Å². The van der Waals surface area contributed by atoms with Crippen molar-refractivity contribution >= 4 is 31.5 Å². The van der Waals surface area contributed by atoms with Crippen LogP contribution in [-0.2, 0) is 18.6 Å². The van der Waals surface area contributed by atoms with Crippen LogP contribution in [0.1, 0.15) is 25.7 Å². The molecule has 2 heterocycles. The van der Waals surface area contributed by atoms with Gasteiger partial charge in [-0.15, -0.1) is 0 Å². The van der Waals surface area contributed by atoms with Crippen molar-refractivity contribution in [2.45, 2.75) is 37.0 Å². The van der Waals surface area contributed by atoms with Gasteiger partial charge in [-0.1, -0.05) is 0 Å². The Labute approximate surface area is 122 Å². The van der Waals surface area contributed by atoms with Gasteiger partial charge in [0.25, 0.3) is 0 Å². The Hall–Kier alpha value is -0.820. The quantitative estimate of drug-likeness (QED) is 0.692. The fourth-order valence-corrected chi connectivity index (χ4v) is 4.14. The van der Waals surface area contributed by atoms with Crippen molar-refractivity contribution in [3.05, 3.63) is 0 Å². The number of amides is 2. The fourth-order valence-electron chi connectivity index (χ4n) is 3.08. The van der Waals surface area contributed by atoms with Crippen LogP contribution in [0.2, 0.25) is 0 Å². The molecule has 0 aromatic heterocycles. The molecule has 3 fully saturated rings. The zero-order chi connectivity index (χ0) is 14.5. The van der Waals surface area contributed by atoms with Gasteiger partial charge in [0.15, 0.2) is 0 Å². The summed E-state index contributed by atoms with van der Waals surface area (Å²) < 4.78 is 22.6. The number of nitrogens with zero attached hydrogens (tertiary/aromatic N) is 2. The van der Waals surface area contributed by atoms with E-state index in [4.69, 9.17) is 10.7 Å². The number of likely N-dealkylation sites (tertiary alicyclic amines) is 2. The van der Waals surface area contributed by atoms with Gasteiger partial charge in [-0.05, 0) is 12.8 Å². The zero-order valence-electron chi connectivity index (χ0n) is 11.0. The van der Waals surface area contributed by atoms with Crippen molar-refractivity contribution < 1.29 is 18.0 Å². The molecular formula is C12H17ClN2O4S. The molecule has 0 radical (unpaired) electrons. The fraction of sp³-hybridized carbons (Fsp3) is 0.833. The highest BCUT2D eigenvalue weighted by molar-refractivity contribution is 8.14. The number of halogens is 1. The Morgan fingerprint density at radius 1 is 1.10 bits per heavy atom. The number of carbonyl (C=O) groups excluding carboxylic acids is 2. The summed E-state index contributed by atoms with van der Waals surface area (Å²) in [5.74, 6) is 0.0889. The molecule has 20 heavy (non-hydrogen) atoms. The minimum atomic E-state index is -3.69. The maximum Gasteiger partial charge on any atom is 0.237 e. The monoisotopic (exact) mass is 320 g/mol. The number of carbonyl (C=O) groups is 2. The van der Waals surface area contributed by atoms with Gasteiger partial charge in [-0.25, -0.2) is 8.42 Å². The Morgan fingerprint density at radius 2 is 1.80 bits per heavy atom. The molecule has 0 N–H and O–H groups in total. The summed E-state index contributed by atoms with van der Waals surface area (Å²) in [6.07, 6.45) is 2.57. The normalized spacial score (nSPS) is 31.4. The molecule has 2 unspecified atom stereocenters. The molecule has 0 aromatic carbocycles. The van der Waals surface area contributed by atoms with E-state index in [-0.39, 0.29) is 30.7 Å². The molecule has 1 saturated carbocycles. The summed E-state index contributed by atoms with van der Waals surface area (Å²) in [6.45, 7) is 1.29. The molecule has 112 valence electrons. The van der Waals surface area contributed by atoms with Crippen LogP contribution in [0.3, 0.4) is 0 Å². The largest absolute Gasteiger partial charge is 0.341 e. The van der Waals surface area contributed by atoms with Crippen LogP contribution in [0, 0.1) is 5.92 Å². The summed E-state index contributed by atoms with van der Waals surface area (Å²) >= 11 is 0. The number of hydrogen-bond acceptors (Lipinski definition) is 4. The zero-order valence-corrected chi connectivity index (χ0v) is 12.6. The predicted octanol–water partition coefficient (Wildman–Crippen LogP) is 0.167. The van der Waals surface area contributed by atoms with Gasteiger partial charge >= 0.3 is 0 Å². The molecule has 6 nitrogen and oxygen atoms in total. The summed E-state index contributed by atoms with van der Waals surface area (Å²) in [7, 11) is 1.62. The molecule has 3 aliphatic rings. The van der Waals surface area contributed by atoms with Gasteiger partial charge in [0.1, 0.15) is 5.25 Å². The SMILES string of the molecule is O=C1CC(S(=O)(=O)Cl)CN1CC1CC(=O)N(C2CC2)C1. The molecule has 1 aliphatic carbocycles. The first-order valence-electron chi connectivity index (χ1n) is 6.85. The van der Waals surface area contributed by atoms with E-state index in [0.29, 0.717) is 25.6 Å². The average molecular weight is 321 g/mol. The van der Waals surface area contributed by atoms with E-state index in [1.807, 2.05) is 4.90 Å². The highest BCUT2D eigenvalue weighted by atomic mass is 35.7. The van der Waals surface area contributed by atoms with Gasteiger partial charge in [0.2, 0.25) is 20.9 Å².